The van der Waals surface area contributed by atoms with Crippen LogP contribution in [0, 0.1) is 0 Å². The third kappa shape index (κ3) is 2.62. The fourth-order valence-electron chi connectivity index (χ4n) is 1.49. The number of β-amino-alcohol motifs (C(OH)–C–C–N with tert-alkyl or cyclic N) is 1. The first-order valence-corrected chi connectivity index (χ1v) is 5.55. The van der Waals surface area contributed by atoms with Crippen molar-refractivity contribution in [2.24, 2.45) is 0 Å². The van der Waals surface area contributed by atoms with Gasteiger partial charge in [-0.15, -0.1) is 0 Å². The molecular formula is C8H18N2OS. The summed E-state index contributed by atoms with van der Waals surface area (Å²) in [6.07, 6.45) is 1.84. The first-order valence-electron chi connectivity index (χ1n) is 4.36. The van der Waals surface area contributed by atoms with E-state index in [1.54, 1.807) is 11.9 Å². The van der Waals surface area contributed by atoms with Crippen molar-refractivity contribution in [3.63, 3.8) is 0 Å². The lowest BCUT2D eigenvalue weighted by Gasteiger charge is -2.18. The predicted molar refractivity (Wildman–Crippen MR) is 53.2 cm³/mol. The fourth-order valence-corrected chi connectivity index (χ4v) is 2.10. The van der Waals surface area contributed by atoms with Crippen LogP contribution in [-0.4, -0.2) is 46.9 Å². The van der Waals surface area contributed by atoms with Crippen LogP contribution in [0.1, 0.15) is 13.8 Å². The summed E-state index contributed by atoms with van der Waals surface area (Å²) in [5.74, 6) is 0. The highest BCUT2D eigenvalue weighted by Crippen LogP contribution is 2.17. The highest BCUT2D eigenvalue weighted by Gasteiger charge is 2.30. The van der Waals surface area contributed by atoms with Crippen molar-refractivity contribution in [3.8, 4) is 0 Å². The summed E-state index contributed by atoms with van der Waals surface area (Å²) in [4.78, 5) is 0. The van der Waals surface area contributed by atoms with Crippen LogP contribution in [0.3, 0.4) is 0 Å². The van der Waals surface area contributed by atoms with Gasteiger partial charge in [0.05, 0.1) is 6.10 Å². The maximum atomic E-state index is 9.62. The van der Waals surface area contributed by atoms with Crippen molar-refractivity contribution in [2.75, 3.05) is 19.3 Å². The van der Waals surface area contributed by atoms with Gasteiger partial charge in [-0.3, -0.25) is 0 Å². The number of hydrogen-bond donors (Lipinski definition) is 2. The molecule has 0 amide bonds. The zero-order valence-electron chi connectivity index (χ0n) is 7.95. The van der Waals surface area contributed by atoms with E-state index >= 15 is 0 Å². The Morgan fingerprint density at radius 1 is 1.50 bits per heavy atom. The number of rotatable bonds is 3. The highest BCUT2D eigenvalue weighted by atomic mass is 32.2. The van der Waals surface area contributed by atoms with Crippen molar-refractivity contribution in [1.29, 1.82) is 0 Å². The average molecular weight is 190 g/mol. The number of nitrogens with one attached hydrogen (secondary N) is 1. The standard InChI is InChI=1S/C8H18N2OS/c1-6(2)9-7-4-10(12-3)5-8(7)11/h6-9,11H,4-5H2,1-3H3/t7-,8+/m1/s1. The summed E-state index contributed by atoms with van der Waals surface area (Å²) in [6.45, 7) is 5.94. The Hall–Kier alpha value is 0.230. The number of nitrogens with zero attached hydrogens (tertiary/aromatic N) is 1. The van der Waals surface area contributed by atoms with E-state index in [1.165, 1.54) is 0 Å². The van der Waals surface area contributed by atoms with Gasteiger partial charge in [0.25, 0.3) is 0 Å². The lowest BCUT2D eigenvalue weighted by Crippen LogP contribution is -2.42. The van der Waals surface area contributed by atoms with Gasteiger partial charge in [-0.2, -0.15) is 0 Å². The Balaban J connectivity index is 2.35. The summed E-state index contributed by atoms with van der Waals surface area (Å²) in [5.41, 5.74) is 0. The molecule has 1 saturated heterocycles. The van der Waals surface area contributed by atoms with E-state index in [-0.39, 0.29) is 12.1 Å². The SMILES string of the molecule is CSN1C[C@H](O)[C@H](NC(C)C)C1. The number of hydrogen-bond acceptors (Lipinski definition) is 4. The first kappa shape index (κ1) is 10.3. The summed E-state index contributed by atoms with van der Waals surface area (Å²) in [5, 5.41) is 13.0. The molecule has 12 heavy (non-hydrogen) atoms. The van der Waals surface area contributed by atoms with Crippen LogP contribution < -0.4 is 5.32 Å². The number of aliphatic hydroxyl groups is 1. The second kappa shape index (κ2) is 4.46. The molecule has 1 fully saturated rings. The molecule has 0 radical (unpaired) electrons. The monoisotopic (exact) mass is 190 g/mol. The smallest absolute Gasteiger partial charge is 0.0842 e. The molecule has 1 aliphatic rings. The van der Waals surface area contributed by atoms with Gasteiger partial charge in [-0.25, -0.2) is 4.31 Å². The van der Waals surface area contributed by atoms with Crippen molar-refractivity contribution >= 4 is 11.9 Å². The van der Waals surface area contributed by atoms with Crippen LogP contribution in [0.25, 0.3) is 0 Å². The van der Waals surface area contributed by atoms with E-state index in [1.807, 2.05) is 6.26 Å². The van der Waals surface area contributed by atoms with Crippen LogP contribution in [0.5, 0.6) is 0 Å². The first-order chi connectivity index (χ1) is 5.63. The van der Waals surface area contributed by atoms with E-state index in [0.29, 0.717) is 6.04 Å². The van der Waals surface area contributed by atoms with Crippen LogP contribution in [0.4, 0.5) is 0 Å². The minimum atomic E-state index is -0.208. The largest absolute Gasteiger partial charge is 0.390 e. The van der Waals surface area contributed by atoms with Crippen LogP contribution >= 0.6 is 11.9 Å². The Bertz CT molecular complexity index is 143. The molecule has 1 aliphatic heterocycles. The molecular weight excluding hydrogens is 172 g/mol. The zero-order chi connectivity index (χ0) is 9.14. The molecule has 1 heterocycles. The molecule has 2 atom stereocenters. The molecule has 0 aromatic rings. The molecule has 0 bridgehead atoms. The van der Waals surface area contributed by atoms with Gasteiger partial charge in [-0.05, 0) is 6.26 Å². The van der Waals surface area contributed by atoms with E-state index in [4.69, 9.17) is 0 Å². The van der Waals surface area contributed by atoms with Gasteiger partial charge in [0.2, 0.25) is 0 Å². The number of aliphatic hydroxyl groups excluding tert-OH is 1. The quantitative estimate of drug-likeness (QED) is 0.628. The molecule has 0 spiro atoms. The van der Waals surface area contributed by atoms with Gasteiger partial charge < -0.3 is 10.4 Å². The van der Waals surface area contributed by atoms with Crippen LogP contribution in [-0.2, 0) is 0 Å². The second-order valence-electron chi connectivity index (χ2n) is 3.52. The lowest BCUT2D eigenvalue weighted by molar-refractivity contribution is 0.156. The zero-order valence-corrected chi connectivity index (χ0v) is 8.77. The van der Waals surface area contributed by atoms with Crippen molar-refractivity contribution in [1.82, 2.24) is 9.62 Å². The van der Waals surface area contributed by atoms with Gasteiger partial charge in [0.1, 0.15) is 0 Å². The van der Waals surface area contributed by atoms with Crippen molar-refractivity contribution in [2.45, 2.75) is 32.0 Å². The molecule has 72 valence electrons. The fraction of sp³-hybridized carbons (Fsp3) is 1.00. The molecule has 4 heteroatoms. The van der Waals surface area contributed by atoms with Crippen molar-refractivity contribution in [3.05, 3.63) is 0 Å². The van der Waals surface area contributed by atoms with Crippen molar-refractivity contribution < 1.29 is 5.11 Å². The average Bonchev–Trinajstić information content (AvgIpc) is 2.31. The molecule has 0 unspecified atom stereocenters. The maximum Gasteiger partial charge on any atom is 0.0842 e. The Labute approximate surface area is 78.7 Å². The topological polar surface area (TPSA) is 35.5 Å². The molecule has 1 rings (SSSR count). The molecule has 0 saturated carbocycles. The minimum absolute atomic E-state index is 0.208. The van der Waals surface area contributed by atoms with E-state index in [0.717, 1.165) is 13.1 Å². The lowest BCUT2D eigenvalue weighted by atomic mass is 10.2. The summed E-state index contributed by atoms with van der Waals surface area (Å²) in [7, 11) is 0. The van der Waals surface area contributed by atoms with E-state index in [9.17, 15) is 5.11 Å². The third-order valence-corrected chi connectivity index (χ3v) is 2.88. The van der Waals surface area contributed by atoms with E-state index < -0.39 is 0 Å². The predicted octanol–water partition coefficient (Wildman–Crippen LogP) is 0.307. The normalized spacial score (nSPS) is 31.8. The molecule has 3 nitrogen and oxygen atoms in total. The second-order valence-corrected chi connectivity index (χ2v) is 4.41. The summed E-state index contributed by atoms with van der Waals surface area (Å²) >= 11 is 1.70. The Morgan fingerprint density at radius 2 is 2.17 bits per heavy atom. The maximum absolute atomic E-state index is 9.62. The van der Waals surface area contributed by atoms with Crippen LogP contribution in [0.2, 0.25) is 0 Å². The highest BCUT2D eigenvalue weighted by molar-refractivity contribution is 7.96. The summed E-state index contributed by atoms with van der Waals surface area (Å²) < 4.78 is 2.19. The summed E-state index contributed by atoms with van der Waals surface area (Å²) in [6, 6.07) is 0.698. The van der Waals surface area contributed by atoms with Gasteiger partial charge in [0.15, 0.2) is 0 Å². The molecule has 0 aliphatic carbocycles. The van der Waals surface area contributed by atoms with Crippen LogP contribution in [0.15, 0.2) is 0 Å². The van der Waals surface area contributed by atoms with Gasteiger partial charge in [0, 0.05) is 25.2 Å². The minimum Gasteiger partial charge on any atom is -0.390 e. The third-order valence-electron chi connectivity index (χ3n) is 2.06. The van der Waals surface area contributed by atoms with Gasteiger partial charge >= 0.3 is 0 Å². The van der Waals surface area contributed by atoms with Gasteiger partial charge in [-0.1, -0.05) is 25.8 Å². The Morgan fingerprint density at radius 3 is 2.58 bits per heavy atom. The Kier molecular flexibility index (Phi) is 3.83. The molecule has 2 N–H and O–H groups in total. The van der Waals surface area contributed by atoms with E-state index in [2.05, 4.69) is 23.5 Å². The molecule has 0 aromatic heterocycles. The molecule has 0 aromatic carbocycles.